The number of nitrogens with one attached hydrogen (secondary N) is 1. The zero-order chi connectivity index (χ0) is 22.0. The third-order valence-electron chi connectivity index (χ3n) is 4.43. The number of hydrogen-bond donors (Lipinski definition) is 1. The molecule has 3 aromatic rings. The van der Waals surface area contributed by atoms with Gasteiger partial charge in [-0.05, 0) is 30.3 Å². The second kappa shape index (κ2) is 9.04. The smallest absolute Gasteiger partial charge is 0.227 e. The van der Waals surface area contributed by atoms with Crippen molar-refractivity contribution in [2.45, 2.75) is 11.3 Å². The van der Waals surface area contributed by atoms with Crippen LogP contribution >= 0.6 is 34.5 Å². The van der Waals surface area contributed by atoms with E-state index in [4.69, 9.17) is 32.7 Å². The van der Waals surface area contributed by atoms with Crippen LogP contribution in [0.5, 0.6) is 11.5 Å². The first kappa shape index (κ1) is 21.9. The highest BCUT2D eigenvalue weighted by Crippen LogP contribution is 2.33. The zero-order valence-corrected chi connectivity index (χ0v) is 19.1. The summed E-state index contributed by atoms with van der Waals surface area (Å²) in [5, 5.41) is 5.68. The first-order chi connectivity index (χ1) is 14.8. The molecule has 1 aromatic heterocycles. The minimum absolute atomic E-state index is 0.0819. The van der Waals surface area contributed by atoms with Gasteiger partial charge in [-0.25, -0.2) is 13.4 Å². The van der Waals surface area contributed by atoms with E-state index < -0.39 is 15.7 Å². The Morgan fingerprint density at radius 1 is 1.10 bits per heavy atom. The highest BCUT2D eigenvalue weighted by molar-refractivity contribution is 7.91. The van der Waals surface area contributed by atoms with Crippen LogP contribution in [0.2, 0.25) is 10.0 Å². The number of fused-ring (bicyclic) bond motifs is 1. The fourth-order valence-electron chi connectivity index (χ4n) is 2.90. The van der Waals surface area contributed by atoms with Crippen molar-refractivity contribution in [3.63, 3.8) is 0 Å². The molecule has 2 aromatic carbocycles. The number of carbonyl (C=O) groups excluding carboxylic acids is 1. The van der Waals surface area contributed by atoms with E-state index in [1.54, 1.807) is 29.6 Å². The second-order valence-corrected chi connectivity index (χ2v) is 10.4. The standard InChI is InChI=1S/C20H16Cl2N2O5S2/c21-12-1-3-14(15(22)9-12)16-11-30-20(23-16)24-19(25)5-8-31(26,27)13-2-4-17-18(10-13)29-7-6-28-17/h1-4,9-11H,5-8H2,(H,23,24,25). The van der Waals surface area contributed by atoms with Gasteiger partial charge in [0.1, 0.15) is 13.2 Å². The van der Waals surface area contributed by atoms with Crippen LogP contribution < -0.4 is 14.8 Å². The Labute approximate surface area is 192 Å². The maximum Gasteiger partial charge on any atom is 0.227 e. The predicted molar refractivity (Wildman–Crippen MR) is 120 cm³/mol. The van der Waals surface area contributed by atoms with Crippen LogP contribution in [0.25, 0.3) is 11.3 Å². The Morgan fingerprint density at radius 2 is 1.87 bits per heavy atom. The molecule has 0 saturated carbocycles. The molecule has 1 aliphatic rings. The van der Waals surface area contributed by atoms with Crippen LogP contribution in [0.4, 0.5) is 5.13 Å². The largest absolute Gasteiger partial charge is 0.486 e. The highest BCUT2D eigenvalue weighted by Gasteiger charge is 2.21. The molecule has 1 aliphatic heterocycles. The predicted octanol–water partition coefficient (Wildman–Crippen LogP) is 4.69. The molecule has 0 aliphatic carbocycles. The van der Waals surface area contributed by atoms with Gasteiger partial charge in [-0.3, -0.25) is 4.79 Å². The quantitative estimate of drug-likeness (QED) is 0.529. The van der Waals surface area contributed by atoms with Crippen molar-refractivity contribution >= 4 is 55.4 Å². The number of carbonyl (C=O) groups is 1. The van der Waals surface area contributed by atoms with Gasteiger partial charge in [0.05, 0.1) is 21.4 Å². The number of nitrogens with zero attached hydrogens (tertiary/aromatic N) is 1. The number of thiazole rings is 1. The summed E-state index contributed by atoms with van der Waals surface area (Å²) in [6.07, 6.45) is -0.215. The van der Waals surface area contributed by atoms with Crippen molar-refractivity contribution in [2.24, 2.45) is 0 Å². The number of benzene rings is 2. The van der Waals surface area contributed by atoms with E-state index in [2.05, 4.69) is 10.3 Å². The Balaban J connectivity index is 1.39. The summed E-state index contributed by atoms with van der Waals surface area (Å²) in [4.78, 5) is 16.7. The van der Waals surface area contributed by atoms with Crippen LogP contribution in [-0.4, -0.2) is 38.3 Å². The molecular weight excluding hydrogens is 483 g/mol. The van der Waals surface area contributed by atoms with Gasteiger partial charge in [0.15, 0.2) is 26.5 Å². The number of amides is 1. The normalized spacial score (nSPS) is 13.1. The number of sulfone groups is 1. The van der Waals surface area contributed by atoms with Crippen LogP contribution in [0.1, 0.15) is 6.42 Å². The summed E-state index contributed by atoms with van der Waals surface area (Å²) in [6, 6.07) is 9.47. The van der Waals surface area contributed by atoms with Crippen LogP contribution in [0.15, 0.2) is 46.7 Å². The molecule has 0 fully saturated rings. The SMILES string of the molecule is O=C(CCS(=O)(=O)c1ccc2c(c1)OCCO2)Nc1nc(-c2ccc(Cl)cc2Cl)cs1. The monoisotopic (exact) mass is 498 g/mol. The van der Waals surface area contributed by atoms with Crippen molar-refractivity contribution in [3.8, 4) is 22.8 Å². The second-order valence-electron chi connectivity index (χ2n) is 6.58. The molecule has 4 rings (SSSR count). The molecule has 7 nitrogen and oxygen atoms in total. The van der Waals surface area contributed by atoms with Gasteiger partial charge in [-0.2, -0.15) is 0 Å². The van der Waals surface area contributed by atoms with Crippen LogP contribution in [0, 0.1) is 0 Å². The molecule has 0 unspecified atom stereocenters. The number of rotatable bonds is 6. The number of anilines is 1. The maximum atomic E-state index is 12.6. The fraction of sp³-hybridized carbons (Fsp3) is 0.200. The van der Waals surface area contributed by atoms with Gasteiger partial charge >= 0.3 is 0 Å². The first-order valence-corrected chi connectivity index (χ1v) is 12.4. The van der Waals surface area contributed by atoms with Crippen molar-refractivity contribution in [1.82, 2.24) is 4.98 Å². The Hall–Kier alpha value is -2.33. The van der Waals surface area contributed by atoms with Crippen molar-refractivity contribution in [2.75, 3.05) is 24.3 Å². The van der Waals surface area contributed by atoms with Crippen molar-refractivity contribution in [1.29, 1.82) is 0 Å². The molecule has 31 heavy (non-hydrogen) atoms. The average molecular weight is 499 g/mol. The van der Waals surface area contributed by atoms with E-state index in [9.17, 15) is 13.2 Å². The molecular formula is C20H16Cl2N2O5S2. The summed E-state index contributed by atoms with van der Waals surface area (Å²) in [5.74, 6) is 0.0835. The molecule has 2 heterocycles. The maximum absolute atomic E-state index is 12.6. The lowest BCUT2D eigenvalue weighted by Gasteiger charge is -2.18. The van der Waals surface area contributed by atoms with E-state index >= 15 is 0 Å². The van der Waals surface area contributed by atoms with Gasteiger partial charge < -0.3 is 14.8 Å². The minimum atomic E-state index is -3.67. The average Bonchev–Trinajstić information content (AvgIpc) is 3.20. The number of halogens is 2. The van der Waals surface area contributed by atoms with E-state index in [0.29, 0.717) is 51.1 Å². The van der Waals surface area contributed by atoms with E-state index in [1.807, 2.05) is 0 Å². The van der Waals surface area contributed by atoms with Crippen LogP contribution in [0.3, 0.4) is 0 Å². The lowest BCUT2D eigenvalue weighted by atomic mass is 10.2. The minimum Gasteiger partial charge on any atom is -0.486 e. The first-order valence-electron chi connectivity index (χ1n) is 9.15. The van der Waals surface area contributed by atoms with Gasteiger partial charge in [0.2, 0.25) is 5.91 Å². The molecule has 0 spiro atoms. The highest BCUT2D eigenvalue weighted by atomic mass is 35.5. The summed E-state index contributed by atoms with van der Waals surface area (Å²) in [5.41, 5.74) is 1.27. The molecule has 0 atom stereocenters. The number of aromatic nitrogens is 1. The van der Waals surface area contributed by atoms with Gasteiger partial charge in [-0.1, -0.05) is 23.2 Å². The molecule has 162 valence electrons. The third-order valence-corrected chi connectivity index (χ3v) is 7.45. The van der Waals surface area contributed by atoms with Crippen LogP contribution in [-0.2, 0) is 14.6 Å². The van der Waals surface area contributed by atoms with Crippen molar-refractivity contribution in [3.05, 3.63) is 51.8 Å². The van der Waals surface area contributed by atoms with E-state index in [1.165, 1.54) is 23.5 Å². The lowest BCUT2D eigenvalue weighted by Crippen LogP contribution is -2.18. The Morgan fingerprint density at radius 3 is 2.65 bits per heavy atom. The molecule has 1 amide bonds. The molecule has 0 radical (unpaired) electrons. The summed E-state index contributed by atoms with van der Waals surface area (Å²) in [6.45, 7) is 0.776. The summed E-state index contributed by atoms with van der Waals surface area (Å²) >= 11 is 13.3. The Bertz CT molecular complexity index is 1240. The number of ether oxygens (including phenoxy) is 2. The van der Waals surface area contributed by atoms with Gasteiger partial charge in [0, 0.05) is 28.5 Å². The Kier molecular flexibility index (Phi) is 6.38. The summed E-state index contributed by atoms with van der Waals surface area (Å²) < 4.78 is 36.1. The summed E-state index contributed by atoms with van der Waals surface area (Å²) in [7, 11) is -3.67. The van der Waals surface area contributed by atoms with Gasteiger partial charge in [-0.15, -0.1) is 11.3 Å². The van der Waals surface area contributed by atoms with E-state index in [-0.39, 0.29) is 17.1 Å². The van der Waals surface area contributed by atoms with E-state index in [0.717, 1.165) is 0 Å². The van der Waals surface area contributed by atoms with Crippen molar-refractivity contribution < 1.29 is 22.7 Å². The molecule has 1 N–H and O–H groups in total. The lowest BCUT2D eigenvalue weighted by molar-refractivity contribution is -0.115. The number of hydrogen-bond acceptors (Lipinski definition) is 7. The van der Waals surface area contributed by atoms with Gasteiger partial charge in [0.25, 0.3) is 0 Å². The third kappa shape index (κ3) is 5.12. The molecule has 0 saturated heterocycles. The molecule has 11 heteroatoms. The molecule has 0 bridgehead atoms. The topological polar surface area (TPSA) is 94.6 Å². The zero-order valence-electron chi connectivity index (χ0n) is 15.9. The fourth-order valence-corrected chi connectivity index (χ4v) is 5.38.